The maximum Gasteiger partial charge on any atom is 0.356 e. The summed E-state index contributed by atoms with van der Waals surface area (Å²) in [5.74, 6) is 0.0849. The highest BCUT2D eigenvalue weighted by Gasteiger charge is 2.18. The summed E-state index contributed by atoms with van der Waals surface area (Å²) in [6.07, 6.45) is 4.83. The van der Waals surface area contributed by atoms with Crippen molar-refractivity contribution in [3.63, 3.8) is 0 Å². The summed E-state index contributed by atoms with van der Waals surface area (Å²) in [5, 5.41) is 3.26. The van der Waals surface area contributed by atoms with Crippen molar-refractivity contribution in [1.29, 1.82) is 0 Å². The largest absolute Gasteiger partial charge is 0.464 e. The van der Waals surface area contributed by atoms with Crippen molar-refractivity contribution in [2.75, 3.05) is 24.7 Å². The van der Waals surface area contributed by atoms with E-state index in [4.69, 9.17) is 5.73 Å². The highest BCUT2D eigenvalue weighted by Crippen LogP contribution is 2.25. The normalized spacial score (nSPS) is 11.2. The zero-order valence-corrected chi connectivity index (χ0v) is 13.5. The number of nitrogens with zero attached hydrogens (tertiary/aromatic N) is 1. The Labute approximate surface area is 127 Å². The number of nitrogens with one attached hydrogen (secondary N) is 1. The van der Waals surface area contributed by atoms with Crippen LogP contribution in [0.15, 0.2) is 12.1 Å². The Morgan fingerprint density at radius 1 is 1.38 bits per heavy atom. The van der Waals surface area contributed by atoms with Gasteiger partial charge < -0.3 is 15.8 Å². The quantitative estimate of drug-likeness (QED) is 0.567. The fourth-order valence-corrected chi connectivity index (χ4v) is 2.09. The number of aromatic nitrogens is 1. The number of anilines is 2. The number of esters is 1. The number of hydrogen-bond acceptors (Lipinski definition) is 5. The Morgan fingerprint density at radius 3 is 2.71 bits per heavy atom. The molecular formula is C16H27N3O2. The number of nitrogen functional groups attached to an aromatic ring is 1. The van der Waals surface area contributed by atoms with Crippen LogP contribution in [0.1, 0.15) is 56.9 Å². The van der Waals surface area contributed by atoms with Crippen LogP contribution >= 0.6 is 0 Å². The first-order valence-corrected chi connectivity index (χ1v) is 7.48. The second-order valence-corrected chi connectivity index (χ2v) is 6.10. The van der Waals surface area contributed by atoms with Crippen molar-refractivity contribution in [3.05, 3.63) is 17.8 Å². The third-order valence-corrected chi connectivity index (χ3v) is 3.51. The minimum absolute atomic E-state index is 0.157. The summed E-state index contributed by atoms with van der Waals surface area (Å²) in [6.45, 7) is 7.40. The summed E-state index contributed by atoms with van der Waals surface area (Å²) >= 11 is 0. The minimum atomic E-state index is -0.458. The molecule has 21 heavy (non-hydrogen) atoms. The first-order valence-electron chi connectivity index (χ1n) is 7.48. The molecule has 0 amide bonds. The maximum atomic E-state index is 11.5. The van der Waals surface area contributed by atoms with Gasteiger partial charge in [0.1, 0.15) is 5.82 Å². The van der Waals surface area contributed by atoms with Gasteiger partial charge in [-0.3, -0.25) is 0 Å². The molecular weight excluding hydrogens is 266 g/mol. The fourth-order valence-electron chi connectivity index (χ4n) is 2.09. The van der Waals surface area contributed by atoms with Crippen LogP contribution in [0.3, 0.4) is 0 Å². The van der Waals surface area contributed by atoms with Crippen LogP contribution in [0.25, 0.3) is 0 Å². The molecule has 0 aliphatic heterocycles. The van der Waals surface area contributed by atoms with Crippen molar-refractivity contribution in [2.24, 2.45) is 5.41 Å². The Balaban J connectivity index is 2.67. The topological polar surface area (TPSA) is 77.2 Å². The Morgan fingerprint density at radius 2 is 2.10 bits per heavy atom. The zero-order valence-electron chi connectivity index (χ0n) is 13.5. The van der Waals surface area contributed by atoms with Gasteiger partial charge in [-0.1, -0.05) is 40.0 Å². The lowest BCUT2D eigenvalue weighted by Crippen LogP contribution is -2.24. The van der Waals surface area contributed by atoms with Crippen LogP contribution in [0.5, 0.6) is 0 Å². The Kier molecular flexibility index (Phi) is 6.46. The molecule has 3 N–H and O–H groups in total. The van der Waals surface area contributed by atoms with Crippen LogP contribution in [-0.2, 0) is 4.74 Å². The van der Waals surface area contributed by atoms with Crippen LogP contribution < -0.4 is 11.1 Å². The monoisotopic (exact) mass is 293 g/mol. The lowest BCUT2D eigenvalue weighted by Gasteiger charge is -2.25. The van der Waals surface area contributed by atoms with Gasteiger partial charge in [0.25, 0.3) is 0 Å². The van der Waals surface area contributed by atoms with E-state index in [1.807, 2.05) is 0 Å². The SMILES string of the molecule is CCCCCC(C)(C)CNc1nc(C(=O)OC)ccc1N. The summed E-state index contributed by atoms with van der Waals surface area (Å²) in [6, 6.07) is 3.24. The van der Waals surface area contributed by atoms with Gasteiger partial charge in [-0.25, -0.2) is 9.78 Å². The molecule has 1 heterocycles. The standard InChI is InChI=1S/C16H27N3O2/c1-5-6-7-10-16(2,3)11-18-14-12(17)8-9-13(19-14)15(20)21-4/h8-9H,5-7,10-11,17H2,1-4H3,(H,18,19). The molecule has 0 atom stereocenters. The van der Waals surface area contributed by atoms with E-state index in [0.717, 1.165) is 13.0 Å². The van der Waals surface area contributed by atoms with E-state index in [2.05, 4.69) is 35.8 Å². The van der Waals surface area contributed by atoms with E-state index in [0.29, 0.717) is 11.5 Å². The molecule has 0 fully saturated rings. The highest BCUT2D eigenvalue weighted by atomic mass is 16.5. The van der Waals surface area contributed by atoms with E-state index in [-0.39, 0.29) is 11.1 Å². The number of carbonyl (C=O) groups excluding carboxylic acids is 1. The number of rotatable bonds is 8. The molecule has 0 saturated heterocycles. The fraction of sp³-hybridized carbons (Fsp3) is 0.625. The lowest BCUT2D eigenvalue weighted by molar-refractivity contribution is 0.0594. The van der Waals surface area contributed by atoms with Crippen LogP contribution in [-0.4, -0.2) is 24.6 Å². The van der Waals surface area contributed by atoms with Gasteiger partial charge in [0.15, 0.2) is 5.69 Å². The first kappa shape index (κ1) is 17.3. The number of unbranched alkanes of at least 4 members (excludes halogenated alkanes) is 2. The Hall–Kier alpha value is -1.78. The van der Waals surface area contributed by atoms with E-state index >= 15 is 0 Å². The van der Waals surface area contributed by atoms with Gasteiger partial charge >= 0.3 is 5.97 Å². The molecule has 1 aromatic heterocycles. The third kappa shape index (κ3) is 5.61. The maximum absolute atomic E-state index is 11.5. The number of pyridine rings is 1. The molecule has 0 spiro atoms. The average Bonchev–Trinajstić information content (AvgIpc) is 2.46. The van der Waals surface area contributed by atoms with E-state index < -0.39 is 5.97 Å². The highest BCUT2D eigenvalue weighted by molar-refractivity contribution is 5.88. The third-order valence-electron chi connectivity index (χ3n) is 3.51. The molecule has 1 aromatic rings. The van der Waals surface area contributed by atoms with Crippen molar-refractivity contribution >= 4 is 17.5 Å². The van der Waals surface area contributed by atoms with E-state index in [9.17, 15) is 4.79 Å². The summed E-state index contributed by atoms with van der Waals surface area (Å²) < 4.78 is 4.67. The first-order chi connectivity index (χ1) is 9.89. The van der Waals surface area contributed by atoms with E-state index in [1.165, 1.54) is 26.4 Å². The van der Waals surface area contributed by atoms with Crippen molar-refractivity contribution in [1.82, 2.24) is 4.98 Å². The molecule has 5 nitrogen and oxygen atoms in total. The molecule has 118 valence electrons. The molecule has 0 radical (unpaired) electrons. The molecule has 1 rings (SSSR count). The number of hydrogen-bond donors (Lipinski definition) is 2. The molecule has 0 saturated carbocycles. The van der Waals surface area contributed by atoms with Crippen molar-refractivity contribution in [2.45, 2.75) is 46.5 Å². The van der Waals surface area contributed by atoms with Gasteiger partial charge in [-0.15, -0.1) is 0 Å². The second kappa shape index (κ2) is 7.86. The predicted molar refractivity (Wildman–Crippen MR) is 86.4 cm³/mol. The van der Waals surface area contributed by atoms with Crippen LogP contribution in [0, 0.1) is 5.41 Å². The van der Waals surface area contributed by atoms with Crippen LogP contribution in [0.4, 0.5) is 11.5 Å². The van der Waals surface area contributed by atoms with Gasteiger partial charge in [-0.2, -0.15) is 0 Å². The van der Waals surface area contributed by atoms with E-state index in [1.54, 1.807) is 12.1 Å². The molecule has 0 aliphatic rings. The smallest absolute Gasteiger partial charge is 0.356 e. The minimum Gasteiger partial charge on any atom is -0.464 e. The van der Waals surface area contributed by atoms with Crippen molar-refractivity contribution in [3.8, 4) is 0 Å². The van der Waals surface area contributed by atoms with Gasteiger partial charge in [0.05, 0.1) is 12.8 Å². The summed E-state index contributed by atoms with van der Waals surface area (Å²) in [4.78, 5) is 15.7. The van der Waals surface area contributed by atoms with Gasteiger partial charge in [0, 0.05) is 6.54 Å². The lowest BCUT2D eigenvalue weighted by atomic mass is 9.87. The van der Waals surface area contributed by atoms with Gasteiger partial charge in [0.2, 0.25) is 0 Å². The van der Waals surface area contributed by atoms with Crippen molar-refractivity contribution < 1.29 is 9.53 Å². The summed E-state index contributed by atoms with van der Waals surface area (Å²) in [7, 11) is 1.34. The van der Waals surface area contributed by atoms with Crippen LogP contribution in [0.2, 0.25) is 0 Å². The average molecular weight is 293 g/mol. The molecule has 0 aromatic carbocycles. The number of methoxy groups -OCH3 is 1. The molecule has 5 heteroatoms. The second-order valence-electron chi connectivity index (χ2n) is 6.10. The molecule has 0 aliphatic carbocycles. The summed E-state index contributed by atoms with van der Waals surface area (Å²) in [5.41, 5.74) is 6.86. The Bertz CT molecular complexity index is 473. The predicted octanol–water partition coefficient (Wildman–Crippen LogP) is 3.47. The van der Waals surface area contributed by atoms with Gasteiger partial charge in [-0.05, 0) is 24.0 Å². The number of nitrogens with two attached hydrogens (primary N) is 1. The molecule has 0 unspecified atom stereocenters. The number of ether oxygens (including phenoxy) is 1. The number of carbonyl (C=O) groups is 1. The molecule has 0 bridgehead atoms. The zero-order chi connectivity index (χ0) is 15.9.